The van der Waals surface area contributed by atoms with Crippen LogP contribution in [0.2, 0.25) is 0 Å². The molecule has 0 radical (unpaired) electrons. The predicted octanol–water partition coefficient (Wildman–Crippen LogP) is 2.31. The van der Waals surface area contributed by atoms with Gasteiger partial charge in [0.1, 0.15) is 5.84 Å². The van der Waals surface area contributed by atoms with Gasteiger partial charge in [-0.05, 0) is 18.6 Å². The van der Waals surface area contributed by atoms with Crippen LogP contribution >= 0.6 is 11.8 Å². The van der Waals surface area contributed by atoms with E-state index in [2.05, 4.69) is 5.16 Å². The molecule has 96 valence electrons. The van der Waals surface area contributed by atoms with Gasteiger partial charge in [-0.3, -0.25) is 0 Å². The molecule has 0 rings (SSSR count). The van der Waals surface area contributed by atoms with E-state index in [-0.39, 0.29) is 5.41 Å². The van der Waals surface area contributed by atoms with Gasteiger partial charge in [0.25, 0.3) is 0 Å². The summed E-state index contributed by atoms with van der Waals surface area (Å²) in [6.07, 6.45) is 3.22. The Kier molecular flexibility index (Phi) is 8.47. The molecule has 0 unspecified atom stereocenters. The normalized spacial score (nSPS) is 13.1. The molecule has 0 aliphatic carbocycles. The molecule has 0 aliphatic heterocycles. The molecular formula is C11H24N2O2S. The molecule has 0 bridgehead atoms. The lowest BCUT2D eigenvalue weighted by Crippen LogP contribution is -2.31. The molecule has 0 aromatic rings. The highest BCUT2D eigenvalue weighted by atomic mass is 32.2. The second-order valence-corrected chi connectivity index (χ2v) is 5.66. The minimum atomic E-state index is -0.202. The largest absolute Gasteiger partial charge is 0.409 e. The average molecular weight is 248 g/mol. The van der Waals surface area contributed by atoms with Gasteiger partial charge in [-0.25, -0.2) is 0 Å². The standard InChI is InChI=1S/C11H24N2O2S/c1-11(2,10(12)13-14)6-4-5-8-16-9-7-15-3/h14H,4-9H2,1-3H3,(H2,12,13). The molecule has 16 heavy (non-hydrogen) atoms. The Labute approximate surface area is 103 Å². The molecule has 0 saturated carbocycles. The van der Waals surface area contributed by atoms with E-state index in [9.17, 15) is 0 Å². The molecule has 3 N–H and O–H groups in total. The Hall–Kier alpha value is -0.420. The summed E-state index contributed by atoms with van der Waals surface area (Å²) in [5, 5.41) is 11.7. The van der Waals surface area contributed by atoms with Gasteiger partial charge in [0.15, 0.2) is 0 Å². The number of methoxy groups -OCH3 is 1. The molecule has 0 spiro atoms. The van der Waals surface area contributed by atoms with Gasteiger partial charge in [-0.2, -0.15) is 11.8 Å². The zero-order chi connectivity index (χ0) is 12.4. The van der Waals surface area contributed by atoms with E-state index in [1.807, 2.05) is 25.6 Å². The van der Waals surface area contributed by atoms with Gasteiger partial charge in [-0.1, -0.05) is 25.4 Å². The lowest BCUT2D eigenvalue weighted by atomic mass is 9.86. The molecule has 4 nitrogen and oxygen atoms in total. The number of thioether (sulfide) groups is 1. The van der Waals surface area contributed by atoms with Crippen LogP contribution in [-0.2, 0) is 4.74 Å². The van der Waals surface area contributed by atoms with Crippen molar-refractivity contribution < 1.29 is 9.94 Å². The molecule has 0 fully saturated rings. The lowest BCUT2D eigenvalue weighted by Gasteiger charge is -2.22. The summed E-state index contributed by atoms with van der Waals surface area (Å²) in [6.45, 7) is 4.82. The van der Waals surface area contributed by atoms with Crippen molar-refractivity contribution in [2.45, 2.75) is 33.1 Å². The number of hydrogen-bond donors (Lipinski definition) is 2. The van der Waals surface area contributed by atoms with Gasteiger partial charge in [0, 0.05) is 18.3 Å². The van der Waals surface area contributed by atoms with Gasteiger partial charge in [-0.15, -0.1) is 0 Å². The fourth-order valence-corrected chi connectivity index (χ4v) is 2.18. The second kappa shape index (κ2) is 8.70. The summed E-state index contributed by atoms with van der Waals surface area (Å²) in [6, 6.07) is 0. The quantitative estimate of drug-likeness (QED) is 0.216. The van der Waals surface area contributed by atoms with Crippen LogP contribution in [0.3, 0.4) is 0 Å². The Bertz CT molecular complexity index is 208. The first kappa shape index (κ1) is 15.6. The first-order chi connectivity index (χ1) is 7.54. The highest BCUT2D eigenvalue weighted by Crippen LogP contribution is 2.23. The Morgan fingerprint density at radius 1 is 1.38 bits per heavy atom. The van der Waals surface area contributed by atoms with Crippen LogP contribution in [-0.4, -0.2) is 36.3 Å². The molecule has 0 atom stereocenters. The number of ether oxygens (including phenoxy) is 1. The van der Waals surface area contributed by atoms with Crippen molar-refractivity contribution in [1.82, 2.24) is 0 Å². The molecule has 5 heteroatoms. The Morgan fingerprint density at radius 2 is 2.06 bits per heavy atom. The summed E-state index contributed by atoms with van der Waals surface area (Å²) in [5.41, 5.74) is 5.41. The van der Waals surface area contributed by atoms with Crippen LogP contribution in [0, 0.1) is 5.41 Å². The Balaban J connectivity index is 3.51. The monoisotopic (exact) mass is 248 g/mol. The van der Waals surface area contributed by atoms with Crippen molar-refractivity contribution in [1.29, 1.82) is 0 Å². The number of nitrogens with zero attached hydrogens (tertiary/aromatic N) is 1. The van der Waals surface area contributed by atoms with Crippen LogP contribution in [0.4, 0.5) is 0 Å². The number of nitrogens with two attached hydrogens (primary N) is 1. The number of amidine groups is 1. The van der Waals surface area contributed by atoms with E-state index >= 15 is 0 Å². The van der Waals surface area contributed by atoms with Crippen molar-refractivity contribution in [3.8, 4) is 0 Å². The third-order valence-electron chi connectivity index (χ3n) is 2.57. The van der Waals surface area contributed by atoms with Gasteiger partial charge in [0.2, 0.25) is 0 Å². The minimum absolute atomic E-state index is 0.202. The molecular weight excluding hydrogens is 224 g/mol. The van der Waals surface area contributed by atoms with Crippen molar-refractivity contribution in [3.05, 3.63) is 0 Å². The number of rotatable bonds is 9. The van der Waals surface area contributed by atoms with Gasteiger partial charge < -0.3 is 15.7 Å². The topological polar surface area (TPSA) is 67.8 Å². The van der Waals surface area contributed by atoms with E-state index in [0.29, 0.717) is 5.84 Å². The third-order valence-corrected chi connectivity index (χ3v) is 3.61. The first-order valence-electron chi connectivity index (χ1n) is 5.59. The van der Waals surface area contributed by atoms with Crippen LogP contribution in [0.15, 0.2) is 5.16 Å². The van der Waals surface area contributed by atoms with E-state index < -0.39 is 0 Å². The van der Waals surface area contributed by atoms with E-state index in [1.54, 1.807) is 7.11 Å². The number of hydrogen-bond acceptors (Lipinski definition) is 4. The summed E-state index contributed by atoms with van der Waals surface area (Å²) < 4.78 is 4.97. The van der Waals surface area contributed by atoms with Crippen LogP contribution < -0.4 is 5.73 Å². The first-order valence-corrected chi connectivity index (χ1v) is 6.74. The van der Waals surface area contributed by atoms with E-state index in [4.69, 9.17) is 15.7 Å². The fraction of sp³-hybridized carbons (Fsp3) is 0.909. The highest BCUT2D eigenvalue weighted by molar-refractivity contribution is 7.99. The molecule has 0 amide bonds. The lowest BCUT2D eigenvalue weighted by molar-refractivity contribution is 0.218. The number of unbranched alkanes of at least 4 members (excludes halogenated alkanes) is 1. The summed E-state index contributed by atoms with van der Waals surface area (Å²) in [5.74, 6) is 2.52. The summed E-state index contributed by atoms with van der Waals surface area (Å²) in [4.78, 5) is 0. The summed E-state index contributed by atoms with van der Waals surface area (Å²) in [7, 11) is 1.72. The average Bonchev–Trinajstić information content (AvgIpc) is 2.26. The number of oxime groups is 1. The molecule has 0 aliphatic rings. The molecule has 0 heterocycles. The molecule has 0 aromatic carbocycles. The molecule has 0 saturated heterocycles. The van der Waals surface area contributed by atoms with Crippen molar-refractivity contribution in [2.24, 2.45) is 16.3 Å². The molecule has 0 aromatic heterocycles. The maximum absolute atomic E-state index is 8.62. The van der Waals surface area contributed by atoms with Crippen molar-refractivity contribution in [2.75, 3.05) is 25.2 Å². The maximum Gasteiger partial charge on any atom is 0.144 e. The van der Waals surface area contributed by atoms with Crippen LogP contribution in [0.1, 0.15) is 33.1 Å². The van der Waals surface area contributed by atoms with E-state index in [0.717, 1.165) is 37.4 Å². The minimum Gasteiger partial charge on any atom is -0.409 e. The summed E-state index contributed by atoms with van der Waals surface area (Å²) >= 11 is 1.91. The second-order valence-electron chi connectivity index (χ2n) is 4.43. The predicted molar refractivity (Wildman–Crippen MR) is 70.2 cm³/mol. The van der Waals surface area contributed by atoms with Crippen molar-refractivity contribution in [3.63, 3.8) is 0 Å². The highest BCUT2D eigenvalue weighted by Gasteiger charge is 2.22. The van der Waals surface area contributed by atoms with Gasteiger partial charge in [0.05, 0.1) is 6.61 Å². The third kappa shape index (κ3) is 6.95. The zero-order valence-electron chi connectivity index (χ0n) is 10.5. The SMILES string of the molecule is COCCSCCCCC(C)(C)C(N)=NO. The van der Waals surface area contributed by atoms with Gasteiger partial charge >= 0.3 is 0 Å². The van der Waals surface area contributed by atoms with Crippen LogP contribution in [0.25, 0.3) is 0 Å². The van der Waals surface area contributed by atoms with E-state index in [1.165, 1.54) is 0 Å². The fourth-order valence-electron chi connectivity index (χ4n) is 1.28. The smallest absolute Gasteiger partial charge is 0.144 e. The Morgan fingerprint density at radius 3 is 2.62 bits per heavy atom. The van der Waals surface area contributed by atoms with Crippen molar-refractivity contribution >= 4 is 17.6 Å². The van der Waals surface area contributed by atoms with Crippen LogP contribution in [0.5, 0.6) is 0 Å². The maximum atomic E-state index is 8.62. The zero-order valence-corrected chi connectivity index (χ0v) is 11.3.